The third-order valence-corrected chi connectivity index (χ3v) is 19.6. The molecule has 52 heavy (non-hydrogen) atoms. The number of nitrogens with zero attached hydrogens (tertiary/aromatic N) is 5. The molecule has 2 unspecified atom stereocenters. The molecule has 2 atom stereocenters. The summed E-state index contributed by atoms with van der Waals surface area (Å²) in [6.45, 7) is 24.6. The summed E-state index contributed by atoms with van der Waals surface area (Å²) < 4.78 is 2.77. The number of fused-ring (bicyclic) bond motifs is 4. The molecule has 0 amide bonds. The van der Waals surface area contributed by atoms with Gasteiger partial charge in [0.15, 0.2) is 8.24 Å². The van der Waals surface area contributed by atoms with Crippen molar-refractivity contribution in [3.8, 4) is 0 Å². The van der Waals surface area contributed by atoms with Crippen LogP contribution in [0.25, 0.3) is 21.8 Å². The van der Waals surface area contributed by atoms with Crippen molar-refractivity contribution in [1.82, 2.24) is 19.0 Å². The molecule has 7 nitrogen and oxygen atoms in total. The van der Waals surface area contributed by atoms with Crippen LogP contribution in [0.3, 0.4) is 0 Å². The van der Waals surface area contributed by atoms with Gasteiger partial charge in [0, 0.05) is 87.1 Å². The molecule has 282 valence electrons. The van der Waals surface area contributed by atoms with Gasteiger partial charge < -0.3 is 28.8 Å². The molecule has 4 fully saturated rings. The Balaban J connectivity index is 0.000000229. The topological polar surface area (TPSA) is 53.9 Å². The molecule has 6 heterocycles. The van der Waals surface area contributed by atoms with E-state index in [-0.39, 0.29) is 56.1 Å². The predicted molar refractivity (Wildman–Crippen MR) is 218 cm³/mol. The molecule has 0 saturated carbocycles. The molecule has 8 rings (SSSR count). The van der Waals surface area contributed by atoms with Crippen molar-refractivity contribution >= 4 is 41.4 Å². The zero-order valence-corrected chi connectivity index (χ0v) is 37.7. The fraction of sp³-hybridized carbons (Fsp3) is 0.619. The number of aliphatic hydroxyl groups is 1. The van der Waals surface area contributed by atoms with E-state index in [1.165, 1.54) is 124 Å². The second-order valence-electron chi connectivity index (χ2n) is 16.3. The molecule has 0 spiro atoms. The minimum Gasteiger partial charge on any atom is -1.00 e. The zero-order chi connectivity index (χ0) is 35.4. The van der Waals surface area contributed by atoms with Gasteiger partial charge in [-0.25, -0.2) is 0 Å². The summed E-state index contributed by atoms with van der Waals surface area (Å²) in [4.78, 5) is 14.0. The number of aliphatic hydroxyl groups excluding tert-OH is 1. The molecule has 2 aromatic heterocycles. The Bertz CT molecular complexity index is 1650. The van der Waals surface area contributed by atoms with E-state index < -0.39 is 8.24 Å². The molecule has 4 aromatic rings. The minimum absolute atomic E-state index is 0. The molecule has 10 heteroatoms. The maximum absolute atomic E-state index is 7.00. The van der Waals surface area contributed by atoms with Crippen LogP contribution in [0.15, 0.2) is 60.9 Å². The Labute approximate surface area is 357 Å². The fourth-order valence-corrected chi connectivity index (χ4v) is 17.1. The maximum Gasteiger partial charge on any atom is 1.00 e. The van der Waals surface area contributed by atoms with Gasteiger partial charge in [0.05, 0.1) is 0 Å². The molecule has 2 aromatic carbocycles. The van der Waals surface area contributed by atoms with Crippen molar-refractivity contribution < 1.29 is 61.2 Å². The van der Waals surface area contributed by atoms with Gasteiger partial charge in [0.25, 0.3) is 0 Å². The number of halogens is 1. The van der Waals surface area contributed by atoms with E-state index in [2.05, 4.69) is 125 Å². The third kappa shape index (κ3) is 8.91. The van der Waals surface area contributed by atoms with E-state index in [1.807, 2.05) is 6.20 Å². The number of rotatable bonds is 6. The first-order valence-corrected chi connectivity index (χ1v) is 22.0. The van der Waals surface area contributed by atoms with Crippen molar-refractivity contribution in [2.75, 3.05) is 69.3 Å². The second-order valence-corrected chi connectivity index (χ2v) is 22.0. The predicted octanol–water partition coefficient (Wildman–Crippen LogP) is 2.80. The van der Waals surface area contributed by atoms with Gasteiger partial charge in [-0.05, 0) is 109 Å². The molecule has 0 radical (unpaired) electrons. The van der Waals surface area contributed by atoms with E-state index in [9.17, 15) is 0 Å². The summed E-state index contributed by atoms with van der Waals surface area (Å²) in [5.74, 6) is 0. The van der Waals surface area contributed by atoms with E-state index in [1.54, 1.807) is 0 Å². The van der Waals surface area contributed by atoms with Gasteiger partial charge in [-0.1, -0.05) is 66.5 Å². The monoisotopic (exact) mass is 756 g/mol. The summed E-state index contributed by atoms with van der Waals surface area (Å²) in [6.07, 6.45) is 12.8. The van der Waals surface area contributed by atoms with Crippen LogP contribution in [0.2, 0.25) is 16.6 Å². The number of H-pyrrole nitrogens is 1. The standard InChI is InChI=1S/C25H41N3Si.C16H21N3.CH4O.FH.K/c1-19(2)29(20(3)4,21(5)6)28-14-12-22-10-11-23(17-25(22)28)27-16-15-26-13-8-7-9-24(26)18-27;1-2-8-18-9-10-19(12-15(18)3-1)14-5-4-13-6-7-17-16(13)11-14;1-2;;/h10-12,14,17,19-21,24H,7-9,13,15-16,18H2,1-6H3;4-7,11,15,17H,1-3,8-10,12H2;2H,1H3;1H;/q;;;;+1/p-1. The number of aromatic amines is 1. The number of piperazine rings is 2. The van der Waals surface area contributed by atoms with Gasteiger partial charge in [-0.3, -0.25) is 9.80 Å². The fourth-order valence-electron chi connectivity index (χ4n) is 10.5. The Morgan fingerprint density at radius 3 is 1.69 bits per heavy atom. The number of hydrogen-bond donors (Lipinski definition) is 2. The third-order valence-electron chi connectivity index (χ3n) is 12.8. The van der Waals surface area contributed by atoms with E-state index in [0.717, 1.165) is 19.2 Å². The first-order chi connectivity index (χ1) is 24.3. The summed E-state index contributed by atoms with van der Waals surface area (Å²) >= 11 is 0. The Hall–Kier alpha value is -1.22. The molecule has 0 aliphatic carbocycles. The summed E-state index contributed by atoms with van der Waals surface area (Å²) in [5, 5.41) is 9.71. The number of nitrogens with one attached hydrogen (secondary N) is 1. The van der Waals surface area contributed by atoms with Crippen molar-refractivity contribution in [3.05, 3.63) is 60.9 Å². The van der Waals surface area contributed by atoms with Crippen LogP contribution in [0.1, 0.15) is 80.1 Å². The van der Waals surface area contributed by atoms with Crippen LogP contribution in [-0.2, 0) is 0 Å². The Kier molecular flexibility index (Phi) is 16.4. The number of benzene rings is 2. The van der Waals surface area contributed by atoms with Gasteiger partial charge in [-0.2, -0.15) is 0 Å². The number of aromatic nitrogens is 2. The minimum atomic E-state index is -1.73. The first kappa shape index (κ1) is 43.5. The van der Waals surface area contributed by atoms with Gasteiger partial charge in [0.2, 0.25) is 0 Å². The van der Waals surface area contributed by atoms with Gasteiger partial charge >= 0.3 is 51.4 Å². The van der Waals surface area contributed by atoms with Crippen LogP contribution in [0, 0.1) is 0 Å². The van der Waals surface area contributed by atoms with Crippen LogP contribution in [0.4, 0.5) is 11.4 Å². The number of piperidine rings is 2. The Morgan fingerprint density at radius 1 is 0.635 bits per heavy atom. The second kappa shape index (κ2) is 19.6. The Morgan fingerprint density at radius 2 is 1.15 bits per heavy atom. The summed E-state index contributed by atoms with van der Waals surface area (Å²) in [7, 11) is -0.726. The zero-order valence-electron chi connectivity index (χ0n) is 33.6. The van der Waals surface area contributed by atoms with Crippen molar-refractivity contribution in [1.29, 1.82) is 0 Å². The van der Waals surface area contributed by atoms with Crippen LogP contribution < -0.4 is 65.9 Å². The van der Waals surface area contributed by atoms with Crippen molar-refractivity contribution in [3.63, 3.8) is 0 Å². The van der Waals surface area contributed by atoms with E-state index in [0.29, 0.717) is 16.6 Å². The molecule has 0 bridgehead atoms. The average molecular weight is 757 g/mol. The number of anilines is 2. The normalized spacial score (nSPS) is 21.1. The number of hydrogen-bond acceptors (Lipinski definition) is 5. The average Bonchev–Trinajstić information content (AvgIpc) is 3.79. The quantitative estimate of drug-likeness (QED) is 0.297. The molecule has 4 saturated heterocycles. The molecule has 4 aliphatic heterocycles. The van der Waals surface area contributed by atoms with Crippen LogP contribution >= 0.6 is 0 Å². The van der Waals surface area contributed by atoms with E-state index in [4.69, 9.17) is 5.11 Å². The molecule has 2 N–H and O–H groups in total. The van der Waals surface area contributed by atoms with Gasteiger partial charge in [0.1, 0.15) is 0 Å². The van der Waals surface area contributed by atoms with Crippen LogP contribution in [-0.4, -0.2) is 104 Å². The summed E-state index contributed by atoms with van der Waals surface area (Å²) in [5.41, 5.74) is 7.68. The van der Waals surface area contributed by atoms with E-state index >= 15 is 0 Å². The largest absolute Gasteiger partial charge is 1.00 e. The molecule has 4 aliphatic rings. The smallest absolute Gasteiger partial charge is 1.00 e. The molecular formula is C42H66FKN6OSi. The first-order valence-electron chi connectivity index (χ1n) is 19.9. The van der Waals surface area contributed by atoms with Gasteiger partial charge in [-0.15, -0.1) is 0 Å². The SMILES string of the molecule is CC(C)[Si](C(C)C)(C(C)C)n1ccc2ccc(N3CCN4CCCCC4C3)cc21.CO.[F-].[K+].c1cc2ccc(N3CCN4CCCCC4C3)cc2[nH]1. The maximum atomic E-state index is 7.00. The summed E-state index contributed by atoms with van der Waals surface area (Å²) in [6, 6.07) is 20.1. The van der Waals surface area contributed by atoms with Crippen LogP contribution in [0.5, 0.6) is 0 Å². The van der Waals surface area contributed by atoms with Crippen molar-refractivity contribution in [2.45, 2.75) is 109 Å². The van der Waals surface area contributed by atoms with Crippen molar-refractivity contribution in [2.24, 2.45) is 0 Å². The molecular weight excluding hydrogens is 691 g/mol.